The maximum Gasteiger partial charge on any atom is 0.123 e. The molecule has 0 saturated heterocycles. The van der Waals surface area contributed by atoms with Crippen molar-refractivity contribution in [3.05, 3.63) is 35.6 Å². The zero-order valence-electron chi connectivity index (χ0n) is 12.7. The van der Waals surface area contributed by atoms with Crippen LogP contribution in [0.2, 0.25) is 0 Å². The van der Waals surface area contributed by atoms with Crippen LogP contribution >= 0.6 is 0 Å². The van der Waals surface area contributed by atoms with Crippen LogP contribution in [0.1, 0.15) is 32.3 Å². The van der Waals surface area contributed by atoms with E-state index in [1.54, 1.807) is 12.1 Å². The fourth-order valence-electron chi connectivity index (χ4n) is 3.55. The summed E-state index contributed by atoms with van der Waals surface area (Å²) in [4.78, 5) is 2.19. The fraction of sp³-hybridized carbons (Fsp3) is 0.647. The Hall–Kier alpha value is -0.930. The quantitative estimate of drug-likeness (QED) is 0.914. The molecule has 0 aromatic heterocycles. The van der Waals surface area contributed by atoms with Crippen LogP contribution in [0.5, 0.6) is 0 Å². The molecular formula is C17H26FNO. The summed E-state index contributed by atoms with van der Waals surface area (Å²) in [6, 6.07) is 6.75. The molecule has 0 amide bonds. The fourth-order valence-corrected chi connectivity index (χ4v) is 3.55. The van der Waals surface area contributed by atoms with Gasteiger partial charge >= 0.3 is 0 Å². The number of aliphatic hydroxyl groups is 1. The van der Waals surface area contributed by atoms with Crippen molar-refractivity contribution in [1.29, 1.82) is 0 Å². The van der Waals surface area contributed by atoms with Gasteiger partial charge in [0.05, 0.1) is 6.10 Å². The van der Waals surface area contributed by atoms with Crippen molar-refractivity contribution in [3.63, 3.8) is 0 Å². The van der Waals surface area contributed by atoms with Crippen LogP contribution in [0, 0.1) is 23.6 Å². The van der Waals surface area contributed by atoms with Gasteiger partial charge in [-0.3, -0.25) is 0 Å². The molecule has 2 nitrogen and oxygen atoms in total. The molecule has 1 aromatic carbocycles. The molecule has 0 bridgehead atoms. The van der Waals surface area contributed by atoms with E-state index in [0.29, 0.717) is 17.8 Å². The molecule has 112 valence electrons. The van der Waals surface area contributed by atoms with Crippen LogP contribution in [-0.2, 0) is 6.54 Å². The number of benzene rings is 1. The van der Waals surface area contributed by atoms with Crippen LogP contribution in [0.3, 0.4) is 0 Å². The summed E-state index contributed by atoms with van der Waals surface area (Å²) in [6.07, 6.45) is 1.89. The van der Waals surface area contributed by atoms with Crippen LogP contribution in [0.25, 0.3) is 0 Å². The lowest BCUT2D eigenvalue weighted by atomic mass is 9.73. The van der Waals surface area contributed by atoms with Gasteiger partial charge < -0.3 is 10.0 Å². The Morgan fingerprint density at radius 1 is 1.30 bits per heavy atom. The Morgan fingerprint density at radius 3 is 2.70 bits per heavy atom. The first-order valence-electron chi connectivity index (χ1n) is 7.56. The van der Waals surface area contributed by atoms with Crippen molar-refractivity contribution < 1.29 is 9.50 Å². The van der Waals surface area contributed by atoms with E-state index >= 15 is 0 Å². The van der Waals surface area contributed by atoms with Crippen molar-refractivity contribution in [2.45, 2.75) is 39.3 Å². The first-order valence-corrected chi connectivity index (χ1v) is 7.56. The summed E-state index contributed by atoms with van der Waals surface area (Å²) in [5.74, 6) is 1.30. The van der Waals surface area contributed by atoms with Crippen molar-refractivity contribution >= 4 is 0 Å². The van der Waals surface area contributed by atoms with Crippen LogP contribution in [0.15, 0.2) is 24.3 Å². The second-order valence-electron chi connectivity index (χ2n) is 6.61. The first kappa shape index (κ1) is 15.5. The topological polar surface area (TPSA) is 23.5 Å². The molecule has 1 N–H and O–H groups in total. The maximum absolute atomic E-state index is 13.2. The van der Waals surface area contributed by atoms with E-state index in [2.05, 4.69) is 18.7 Å². The number of hydrogen-bond acceptors (Lipinski definition) is 2. The molecule has 1 fully saturated rings. The highest BCUT2D eigenvalue weighted by atomic mass is 19.1. The number of hydrogen-bond donors (Lipinski definition) is 1. The second kappa shape index (κ2) is 6.68. The second-order valence-corrected chi connectivity index (χ2v) is 6.61. The summed E-state index contributed by atoms with van der Waals surface area (Å²) < 4.78 is 13.2. The molecule has 20 heavy (non-hydrogen) atoms. The minimum absolute atomic E-state index is 0.184. The minimum Gasteiger partial charge on any atom is -0.393 e. The Morgan fingerprint density at radius 2 is 2.05 bits per heavy atom. The third kappa shape index (κ3) is 4.03. The smallest absolute Gasteiger partial charge is 0.123 e. The van der Waals surface area contributed by atoms with Gasteiger partial charge in [-0.1, -0.05) is 26.0 Å². The van der Waals surface area contributed by atoms with Gasteiger partial charge in [0.15, 0.2) is 0 Å². The van der Waals surface area contributed by atoms with E-state index in [4.69, 9.17) is 0 Å². The highest BCUT2D eigenvalue weighted by Crippen LogP contribution is 2.34. The van der Waals surface area contributed by atoms with Gasteiger partial charge in [0, 0.05) is 19.0 Å². The van der Waals surface area contributed by atoms with Gasteiger partial charge in [0.2, 0.25) is 0 Å². The van der Waals surface area contributed by atoms with E-state index in [0.717, 1.165) is 25.1 Å². The number of nitrogens with zero attached hydrogens (tertiary/aromatic N) is 1. The van der Waals surface area contributed by atoms with E-state index < -0.39 is 0 Å². The monoisotopic (exact) mass is 279 g/mol. The van der Waals surface area contributed by atoms with Gasteiger partial charge in [-0.05, 0) is 49.4 Å². The highest BCUT2D eigenvalue weighted by molar-refractivity contribution is 5.16. The average Bonchev–Trinajstić information content (AvgIpc) is 2.33. The summed E-state index contributed by atoms with van der Waals surface area (Å²) in [7, 11) is 2.04. The Labute approximate surface area is 121 Å². The van der Waals surface area contributed by atoms with Crippen LogP contribution in [0.4, 0.5) is 4.39 Å². The number of halogens is 1. The molecule has 3 heteroatoms. The van der Waals surface area contributed by atoms with Gasteiger partial charge in [-0.2, -0.15) is 0 Å². The van der Waals surface area contributed by atoms with Crippen molar-refractivity contribution in [1.82, 2.24) is 4.90 Å². The zero-order valence-corrected chi connectivity index (χ0v) is 12.7. The average molecular weight is 279 g/mol. The van der Waals surface area contributed by atoms with Gasteiger partial charge in [-0.15, -0.1) is 0 Å². The number of aliphatic hydroxyl groups excluding tert-OH is 1. The summed E-state index contributed by atoms with van der Waals surface area (Å²) >= 11 is 0. The normalized spacial score (nSPS) is 30.7. The SMILES string of the molecule is CC1CC(C)C(CN(C)Cc2cccc(F)c2)C(O)C1. The van der Waals surface area contributed by atoms with Crippen molar-refractivity contribution in [2.75, 3.05) is 13.6 Å². The predicted molar refractivity (Wildman–Crippen MR) is 79.8 cm³/mol. The molecular weight excluding hydrogens is 253 g/mol. The molecule has 2 rings (SSSR count). The molecule has 1 saturated carbocycles. The van der Waals surface area contributed by atoms with E-state index in [9.17, 15) is 9.50 Å². The van der Waals surface area contributed by atoms with Crippen molar-refractivity contribution in [2.24, 2.45) is 17.8 Å². The summed E-state index contributed by atoms with van der Waals surface area (Å²) in [5.41, 5.74) is 0.985. The minimum atomic E-state index is -0.205. The lowest BCUT2D eigenvalue weighted by Crippen LogP contribution is -2.41. The zero-order chi connectivity index (χ0) is 14.7. The van der Waals surface area contributed by atoms with Crippen molar-refractivity contribution in [3.8, 4) is 0 Å². The van der Waals surface area contributed by atoms with E-state index in [1.807, 2.05) is 13.1 Å². The predicted octanol–water partition coefficient (Wildman–Crippen LogP) is 3.30. The Balaban J connectivity index is 1.92. The summed E-state index contributed by atoms with van der Waals surface area (Å²) in [5, 5.41) is 10.3. The molecule has 0 radical (unpaired) electrons. The molecule has 0 heterocycles. The van der Waals surface area contributed by atoms with E-state index in [1.165, 1.54) is 12.5 Å². The van der Waals surface area contributed by atoms with E-state index in [-0.39, 0.29) is 11.9 Å². The molecule has 1 aliphatic rings. The Bertz CT molecular complexity index is 425. The lowest BCUT2D eigenvalue weighted by molar-refractivity contribution is 0.000585. The maximum atomic E-state index is 13.2. The van der Waals surface area contributed by atoms with Crippen LogP contribution < -0.4 is 0 Å². The van der Waals surface area contributed by atoms with Gasteiger partial charge in [0.25, 0.3) is 0 Å². The molecule has 0 spiro atoms. The molecule has 4 atom stereocenters. The summed E-state index contributed by atoms with van der Waals surface area (Å²) in [6.45, 7) is 6.04. The van der Waals surface area contributed by atoms with Gasteiger partial charge in [0.1, 0.15) is 5.82 Å². The number of rotatable bonds is 4. The third-order valence-corrected chi connectivity index (χ3v) is 4.51. The molecule has 1 aromatic rings. The molecule has 4 unspecified atom stereocenters. The highest BCUT2D eigenvalue weighted by Gasteiger charge is 2.33. The third-order valence-electron chi connectivity index (χ3n) is 4.51. The molecule has 0 aliphatic heterocycles. The first-order chi connectivity index (χ1) is 9.45. The molecule has 1 aliphatic carbocycles. The van der Waals surface area contributed by atoms with Crippen LogP contribution in [-0.4, -0.2) is 29.7 Å². The standard InChI is InChI=1S/C17H26FNO/c1-12-7-13(2)16(17(20)8-12)11-19(3)10-14-5-4-6-15(18)9-14/h4-6,9,12-13,16-17,20H,7-8,10-11H2,1-3H3. The lowest BCUT2D eigenvalue weighted by Gasteiger charge is -2.39. The largest absolute Gasteiger partial charge is 0.393 e. The Kier molecular flexibility index (Phi) is 5.17. The van der Waals surface area contributed by atoms with Gasteiger partial charge in [-0.25, -0.2) is 4.39 Å².